The predicted molar refractivity (Wildman–Crippen MR) is 83.3 cm³/mol. The zero-order valence-electron chi connectivity index (χ0n) is 12.6. The van der Waals surface area contributed by atoms with Gasteiger partial charge in [0.25, 0.3) is 0 Å². The maximum absolute atomic E-state index is 4.45. The lowest BCUT2D eigenvalue weighted by Gasteiger charge is -2.09. The van der Waals surface area contributed by atoms with E-state index in [1.54, 1.807) is 0 Å². The van der Waals surface area contributed by atoms with E-state index in [0.29, 0.717) is 12.0 Å². The molecular formula is C15H26N4S. The molecular weight excluding hydrogens is 268 g/mol. The molecule has 5 heteroatoms. The highest BCUT2D eigenvalue weighted by molar-refractivity contribution is 7.99. The minimum Gasteiger partial charge on any atom is -0.316 e. The summed E-state index contributed by atoms with van der Waals surface area (Å²) in [6, 6.07) is 0.706. The zero-order chi connectivity index (χ0) is 13.9. The van der Waals surface area contributed by atoms with Crippen LogP contribution in [0.4, 0.5) is 0 Å². The van der Waals surface area contributed by atoms with E-state index in [1.807, 2.05) is 11.8 Å². The molecule has 0 atom stereocenters. The fraction of sp³-hybridized carbons (Fsp3) is 0.867. The largest absolute Gasteiger partial charge is 0.316 e. The lowest BCUT2D eigenvalue weighted by Crippen LogP contribution is -2.19. The topological polar surface area (TPSA) is 42.7 Å². The second-order valence-electron chi connectivity index (χ2n) is 6.50. The van der Waals surface area contributed by atoms with E-state index in [4.69, 9.17) is 0 Å². The van der Waals surface area contributed by atoms with Crippen LogP contribution in [-0.4, -0.2) is 33.6 Å². The summed E-state index contributed by atoms with van der Waals surface area (Å²) in [5.74, 6) is 3.85. The smallest absolute Gasteiger partial charge is 0.191 e. The van der Waals surface area contributed by atoms with Crippen LogP contribution in [0.3, 0.4) is 0 Å². The van der Waals surface area contributed by atoms with Crippen molar-refractivity contribution in [2.45, 2.75) is 63.1 Å². The van der Waals surface area contributed by atoms with Gasteiger partial charge >= 0.3 is 0 Å². The third-order valence-corrected chi connectivity index (χ3v) is 4.90. The van der Waals surface area contributed by atoms with Crippen molar-refractivity contribution in [1.82, 2.24) is 20.1 Å². The average Bonchev–Trinajstić information content (AvgIpc) is 3.32. The number of nitrogens with one attached hydrogen (secondary N) is 1. The zero-order valence-corrected chi connectivity index (χ0v) is 13.5. The van der Waals surface area contributed by atoms with Crippen LogP contribution in [0.1, 0.15) is 63.7 Å². The van der Waals surface area contributed by atoms with Gasteiger partial charge in [-0.3, -0.25) is 0 Å². The van der Waals surface area contributed by atoms with E-state index in [0.717, 1.165) is 29.9 Å². The van der Waals surface area contributed by atoms with Crippen molar-refractivity contribution in [2.24, 2.45) is 5.92 Å². The van der Waals surface area contributed by atoms with Gasteiger partial charge in [-0.2, -0.15) is 0 Å². The molecule has 1 N–H and O–H groups in total. The molecule has 2 saturated carbocycles. The first-order valence-corrected chi connectivity index (χ1v) is 9.02. The Bertz CT molecular complexity index is 435. The van der Waals surface area contributed by atoms with Crippen LogP contribution in [0.25, 0.3) is 0 Å². The number of thioether (sulfide) groups is 1. The van der Waals surface area contributed by atoms with Gasteiger partial charge < -0.3 is 9.88 Å². The normalized spacial score (nSPS) is 18.9. The van der Waals surface area contributed by atoms with Gasteiger partial charge in [0.1, 0.15) is 5.82 Å². The molecule has 0 radical (unpaired) electrons. The molecule has 0 spiro atoms. The first kappa shape index (κ1) is 14.4. The van der Waals surface area contributed by atoms with E-state index in [-0.39, 0.29) is 0 Å². The fourth-order valence-corrected chi connectivity index (χ4v) is 3.32. The van der Waals surface area contributed by atoms with Crippen LogP contribution < -0.4 is 5.32 Å². The van der Waals surface area contributed by atoms with Gasteiger partial charge in [0, 0.05) is 24.3 Å². The molecule has 4 nitrogen and oxygen atoms in total. The Hall–Kier alpha value is -0.550. The molecule has 1 aromatic rings. The second-order valence-corrected chi connectivity index (χ2v) is 7.56. The summed E-state index contributed by atoms with van der Waals surface area (Å²) in [4.78, 5) is 0. The molecule has 2 aliphatic carbocycles. The fourth-order valence-electron chi connectivity index (χ4n) is 2.41. The Morgan fingerprint density at radius 1 is 1.20 bits per heavy atom. The predicted octanol–water partition coefficient (Wildman–Crippen LogP) is 3.22. The van der Waals surface area contributed by atoms with E-state index in [9.17, 15) is 0 Å². The number of aromatic nitrogens is 3. The summed E-state index contributed by atoms with van der Waals surface area (Å²) in [5.41, 5.74) is 0. The molecule has 0 unspecified atom stereocenters. The van der Waals surface area contributed by atoms with Crippen LogP contribution >= 0.6 is 11.8 Å². The van der Waals surface area contributed by atoms with Gasteiger partial charge in [-0.25, -0.2) is 0 Å². The Kier molecular flexibility index (Phi) is 4.66. The third kappa shape index (κ3) is 3.76. The molecule has 3 rings (SSSR count). The molecule has 2 fully saturated rings. The number of rotatable bonds is 9. The number of hydrogen-bond acceptors (Lipinski definition) is 4. The van der Waals surface area contributed by atoms with Crippen molar-refractivity contribution in [3.63, 3.8) is 0 Å². The van der Waals surface area contributed by atoms with Crippen molar-refractivity contribution >= 4 is 11.8 Å². The van der Waals surface area contributed by atoms with Crippen molar-refractivity contribution in [2.75, 3.05) is 18.8 Å². The Morgan fingerprint density at radius 2 is 2.00 bits per heavy atom. The quantitative estimate of drug-likeness (QED) is 0.561. The van der Waals surface area contributed by atoms with Crippen molar-refractivity contribution < 1.29 is 0 Å². The van der Waals surface area contributed by atoms with Gasteiger partial charge in [-0.15, -0.1) is 10.2 Å². The van der Waals surface area contributed by atoms with Gasteiger partial charge in [0.2, 0.25) is 0 Å². The Morgan fingerprint density at radius 3 is 2.65 bits per heavy atom. The summed E-state index contributed by atoms with van der Waals surface area (Å²) >= 11 is 1.87. The number of nitrogens with zero attached hydrogens (tertiary/aromatic N) is 3. The summed E-state index contributed by atoms with van der Waals surface area (Å²) in [6.45, 7) is 6.73. The highest BCUT2D eigenvalue weighted by atomic mass is 32.2. The molecule has 20 heavy (non-hydrogen) atoms. The van der Waals surface area contributed by atoms with Gasteiger partial charge in [-0.05, 0) is 44.6 Å². The minimum absolute atomic E-state index is 0.706. The van der Waals surface area contributed by atoms with Crippen LogP contribution in [0.2, 0.25) is 0 Å². The number of hydrogen-bond donors (Lipinski definition) is 1. The molecule has 0 amide bonds. The lowest BCUT2D eigenvalue weighted by molar-refractivity contribution is 0.547. The van der Waals surface area contributed by atoms with Crippen molar-refractivity contribution in [1.29, 1.82) is 0 Å². The molecule has 0 saturated heterocycles. The highest BCUT2D eigenvalue weighted by Crippen LogP contribution is 2.45. The molecule has 0 bridgehead atoms. The highest BCUT2D eigenvalue weighted by Gasteiger charge is 2.36. The van der Waals surface area contributed by atoms with Gasteiger partial charge in [0.05, 0.1) is 0 Å². The van der Waals surface area contributed by atoms with Crippen molar-refractivity contribution in [3.8, 4) is 0 Å². The van der Waals surface area contributed by atoms with E-state index in [2.05, 4.69) is 33.9 Å². The van der Waals surface area contributed by atoms with Crippen LogP contribution in [0, 0.1) is 5.92 Å². The van der Waals surface area contributed by atoms with E-state index >= 15 is 0 Å². The Balaban J connectivity index is 1.45. The van der Waals surface area contributed by atoms with Crippen LogP contribution in [-0.2, 0) is 0 Å². The third-order valence-electron chi connectivity index (χ3n) is 3.95. The summed E-state index contributed by atoms with van der Waals surface area (Å²) in [7, 11) is 0. The average molecular weight is 294 g/mol. The maximum atomic E-state index is 4.45. The van der Waals surface area contributed by atoms with Crippen molar-refractivity contribution in [3.05, 3.63) is 5.82 Å². The minimum atomic E-state index is 0.706. The molecule has 112 valence electrons. The molecule has 0 aromatic carbocycles. The van der Waals surface area contributed by atoms with E-state index < -0.39 is 0 Å². The van der Waals surface area contributed by atoms with E-state index in [1.165, 1.54) is 37.9 Å². The first-order chi connectivity index (χ1) is 9.75. The van der Waals surface area contributed by atoms with Crippen LogP contribution in [0.5, 0.6) is 0 Å². The van der Waals surface area contributed by atoms with Gasteiger partial charge in [-0.1, -0.05) is 25.6 Å². The van der Waals surface area contributed by atoms with Crippen LogP contribution in [0.15, 0.2) is 5.16 Å². The maximum Gasteiger partial charge on any atom is 0.191 e. The summed E-state index contributed by atoms with van der Waals surface area (Å²) in [5, 5.41) is 13.5. The molecule has 2 aliphatic rings. The summed E-state index contributed by atoms with van der Waals surface area (Å²) in [6.07, 6.45) is 6.52. The first-order valence-electron chi connectivity index (χ1n) is 8.04. The summed E-state index contributed by atoms with van der Waals surface area (Å²) < 4.78 is 2.44. The lowest BCUT2D eigenvalue weighted by atomic mass is 10.1. The Labute approximate surface area is 126 Å². The van der Waals surface area contributed by atoms with Gasteiger partial charge in [0.15, 0.2) is 5.16 Å². The molecule has 0 aliphatic heterocycles. The molecule has 1 aromatic heterocycles. The molecule has 1 heterocycles. The monoisotopic (exact) mass is 294 g/mol. The SMILES string of the molecule is CC(C)CCNCCSc1nnc(C2CC2)n1C1CC1. The standard InChI is InChI=1S/C15H26N4S/c1-11(2)7-8-16-9-10-20-15-18-17-14(12-3-4-12)19(15)13-5-6-13/h11-13,16H,3-10H2,1-2H3. The second kappa shape index (κ2) is 6.48.